The lowest BCUT2D eigenvalue weighted by Crippen LogP contribution is -2.45. The standard InChI is InChI=1S/C72H141N2O6P/c1-6-8-10-12-14-16-18-20-22-24-26-28-30-32-34-35-36-37-38-40-41-43-45-47-49-51-53-55-57-59-61-63-65-71(75)70(69-80-81(77,78)79-68-67-74(3,4)5)73-72(76)66-64-62-60-58-56-54-52-50-48-46-44-42-39-33-31-29-27-25-23-21-19-17-15-13-11-9-7-2/h47,49,55,57,63,65,70-71,75H,6-46,48,50-54,56,58-62,64,66-69H2,1-5H3,(H-,73,76,77,78)/p+1/b49-47+,57-55+,65-63+. The molecule has 0 rings (SSSR count). The van der Waals surface area contributed by atoms with Crippen molar-refractivity contribution in [3.63, 3.8) is 0 Å². The van der Waals surface area contributed by atoms with Crippen LogP contribution in [0.3, 0.4) is 0 Å². The highest BCUT2D eigenvalue weighted by Gasteiger charge is 2.28. The maximum Gasteiger partial charge on any atom is 0.472 e. The van der Waals surface area contributed by atoms with Gasteiger partial charge in [0.1, 0.15) is 13.2 Å². The molecule has 0 aromatic rings. The zero-order valence-corrected chi connectivity index (χ0v) is 55.9. The number of hydrogen-bond acceptors (Lipinski definition) is 5. The Balaban J connectivity index is 4.09. The summed E-state index contributed by atoms with van der Waals surface area (Å²) in [5.74, 6) is -0.183. The van der Waals surface area contributed by atoms with Crippen LogP contribution in [0.15, 0.2) is 36.5 Å². The Morgan fingerprint density at radius 2 is 0.679 bits per heavy atom. The third kappa shape index (κ3) is 66.1. The summed E-state index contributed by atoms with van der Waals surface area (Å²) in [6.45, 7) is 4.85. The fraction of sp³-hybridized carbons (Fsp3) is 0.903. The maximum absolute atomic E-state index is 13.0. The number of phosphoric acid groups is 1. The fourth-order valence-electron chi connectivity index (χ4n) is 11.0. The smallest absolute Gasteiger partial charge is 0.387 e. The Labute approximate surface area is 506 Å². The molecule has 0 saturated heterocycles. The number of aliphatic hydroxyl groups is 1. The molecule has 0 aromatic carbocycles. The van der Waals surface area contributed by atoms with Crippen LogP contribution in [0.5, 0.6) is 0 Å². The first-order valence-electron chi connectivity index (χ1n) is 35.9. The zero-order valence-electron chi connectivity index (χ0n) is 55.1. The van der Waals surface area contributed by atoms with Crippen molar-refractivity contribution in [1.82, 2.24) is 5.32 Å². The first-order chi connectivity index (χ1) is 39.5. The van der Waals surface area contributed by atoms with Gasteiger partial charge in [0.05, 0.1) is 39.9 Å². The average molecular weight is 1160 g/mol. The summed E-state index contributed by atoms with van der Waals surface area (Å²) in [6.07, 6.45) is 84.6. The quantitative estimate of drug-likeness (QED) is 0.0243. The molecule has 0 saturated carbocycles. The summed E-state index contributed by atoms with van der Waals surface area (Å²) in [7, 11) is 1.56. The third-order valence-electron chi connectivity index (χ3n) is 16.6. The van der Waals surface area contributed by atoms with Crippen molar-refractivity contribution in [3.8, 4) is 0 Å². The summed E-state index contributed by atoms with van der Waals surface area (Å²) in [5.41, 5.74) is 0. The highest BCUT2D eigenvalue weighted by Crippen LogP contribution is 2.43. The number of rotatable bonds is 67. The van der Waals surface area contributed by atoms with Gasteiger partial charge in [-0.15, -0.1) is 0 Å². The number of amides is 1. The number of nitrogens with zero attached hydrogens (tertiary/aromatic N) is 1. The van der Waals surface area contributed by atoms with E-state index in [2.05, 4.69) is 43.5 Å². The van der Waals surface area contributed by atoms with Crippen molar-refractivity contribution in [3.05, 3.63) is 36.5 Å². The number of carbonyl (C=O) groups is 1. The summed E-state index contributed by atoms with van der Waals surface area (Å²) in [5, 5.41) is 14.0. The second-order valence-electron chi connectivity index (χ2n) is 26.0. The van der Waals surface area contributed by atoms with Crippen molar-refractivity contribution >= 4 is 13.7 Å². The lowest BCUT2D eigenvalue weighted by molar-refractivity contribution is -0.870. The van der Waals surface area contributed by atoms with Gasteiger partial charge in [0, 0.05) is 6.42 Å². The molecule has 480 valence electrons. The monoisotopic (exact) mass is 1160 g/mol. The molecule has 81 heavy (non-hydrogen) atoms. The molecule has 0 aromatic heterocycles. The molecule has 0 spiro atoms. The fourth-order valence-corrected chi connectivity index (χ4v) is 11.8. The van der Waals surface area contributed by atoms with Gasteiger partial charge in [-0.1, -0.05) is 352 Å². The number of quaternary nitrogens is 1. The zero-order chi connectivity index (χ0) is 59.1. The van der Waals surface area contributed by atoms with Gasteiger partial charge < -0.3 is 19.8 Å². The predicted molar refractivity (Wildman–Crippen MR) is 355 cm³/mol. The van der Waals surface area contributed by atoms with Gasteiger partial charge in [-0.05, 0) is 44.9 Å². The Morgan fingerprint density at radius 3 is 0.988 bits per heavy atom. The predicted octanol–water partition coefficient (Wildman–Crippen LogP) is 22.8. The topological polar surface area (TPSA) is 105 Å². The maximum atomic E-state index is 13.0. The van der Waals surface area contributed by atoms with Crippen LogP contribution < -0.4 is 5.32 Å². The summed E-state index contributed by atoms with van der Waals surface area (Å²) in [6, 6.07) is -0.870. The molecule has 3 N–H and O–H groups in total. The van der Waals surface area contributed by atoms with E-state index in [4.69, 9.17) is 9.05 Å². The van der Waals surface area contributed by atoms with Crippen LogP contribution >= 0.6 is 7.82 Å². The number of carbonyl (C=O) groups excluding carboxylic acids is 1. The molecule has 3 atom stereocenters. The Hall–Kier alpha value is -1.28. The van der Waals surface area contributed by atoms with E-state index in [-0.39, 0.29) is 19.1 Å². The van der Waals surface area contributed by atoms with E-state index in [9.17, 15) is 19.4 Å². The molecular weight excluding hydrogens is 1020 g/mol. The average Bonchev–Trinajstić information content (AvgIpc) is 3.43. The molecule has 3 unspecified atom stereocenters. The van der Waals surface area contributed by atoms with Gasteiger partial charge in [0.15, 0.2) is 0 Å². The largest absolute Gasteiger partial charge is 0.472 e. The number of hydrogen-bond donors (Lipinski definition) is 3. The van der Waals surface area contributed by atoms with Gasteiger partial charge in [-0.25, -0.2) is 4.57 Å². The normalized spacial score (nSPS) is 13.8. The second-order valence-corrected chi connectivity index (χ2v) is 27.4. The Bertz CT molecular complexity index is 1410. The van der Waals surface area contributed by atoms with Crippen LogP contribution in [0.25, 0.3) is 0 Å². The molecule has 0 aliphatic carbocycles. The summed E-state index contributed by atoms with van der Waals surface area (Å²) < 4.78 is 23.8. The van der Waals surface area contributed by atoms with Crippen molar-refractivity contribution in [2.75, 3.05) is 40.9 Å². The van der Waals surface area contributed by atoms with Crippen LogP contribution in [-0.2, 0) is 18.4 Å². The lowest BCUT2D eigenvalue weighted by atomic mass is 10.0. The van der Waals surface area contributed by atoms with E-state index in [0.29, 0.717) is 17.4 Å². The van der Waals surface area contributed by atoms with Gasteiger partial charge in [-0.2, -0.15) is 0 Å². The number of likely N-dealkylation sites (N-methyl/N-ethyl adjacent to an activating group) is 1. The van der Waals surface area contributed by atoms with Crippen molar-refractivity contribution in [2.24, 2.45) is 0 Å². The lowest BCUT2D eigenvalue weighted by Gasteiger charge is -2.25. The van der Waals surface area contributed by atoms with Gasteiger partial charge in [0.2, 0.25) is 5.91 Å². The number of nitrogens with one attached hydrogen (secondary N) is 1. The molecule has 0 heterocycles. The van der Waals surface area contributed by atoms with Gasteiger partial charge >= 0.3 is 7.82 Å². The minimum atomic E-state index is -4.36. The van der Waals surface area contributed by atoms with E-state index in [1.807, 2.05) is 27.2 Å². The Kier molecular flexibility index (Phi) is 62.2. The SMILES string of the molecule is CCCCCCCCCCCCCCCCCCCCCCCC/C=C/CC/C=C/CC/C=C/C(O)C(COP(=O)(O)OCC[N+](C)(C)C)NC(=O)CCCCCCCCCCCCCCCCCCCCCCCCCCCCC. The van der Waals surface area contributed by atoms with Crippen LogP contribution in [0.2, 0.25) is 0 Å². The molecule has 0 fully saturated rings. The van der Waals surface area contributed by atoms with Crippen LogP contribution in [0, 0.1) is 0 Å². The minimum Gasteiger partial charge on any atom is -0.387 e. The van der Waals surface area contributed by atoms with Crippen LogP contribution in [0.1, 0.15) is 367 Å². The number of unbranched alkanes of at least 4 members (excludes halogenated alkanes) is 50. The van der Waals surface area contributed by atoms with E-state index < -0.39 is 20.0 Å². The van der Waals surface area contributed by atoms with E-state index in [1.54, 1.807) is 6.08 Å². The molecule has 8 nitrogen and oxygen atoms in total. The molecule has 9 heteroatoms. The van der Waals surface area contributed by atoms with Crippen molar-refractivity contribution in [2.45, 2.75) is 379 Å². The van der Waals surface area contributed by atoms with Crippen LogP contribution in [0.4, 0.5) is 0 Å². The highest BCUT2D eigenvalue weighted by molar-refractivity contribution is 7.47. The van der Waals surface area contributed by atoms with E-state index in [0.717, 1.165) is 44.9 Å². The molecule has 1 amide bonds. The van der Waals surface area contributed by atoms with Gasteiger partial charge in [-0.3, -0.25) is 13.8 Å². The molecular formula is C72H142N2O6P+. The Morgan fingerprint density at radius 1 is 0.407 bits per heavy atom. The summed E-state index contributed by atoms with van der Waals surface area (Å²) in [4.78, 5) is 23.4. The second kappa shape index (κ2) is 63.2. The van der Waals surface area contributed by atoms with Crippen molar-refractivity contribution in [1.29, 1.82) is 0 Å². The molecule has 0 radical (unpaired) electrons. The number of aliphatic hydroxyl groups excluding tert-OH is 1. The molecule has 0 bridgehead atoms. The van der Waals surface area contributed by atoms with E-state index in [1.165, 1.54) is 302 Å². The minimum absolute atomic E-state index is 0.0555. The van der Waals surface area contributed by atoms with Crippen LogP contribution in [-0.4, -0.2) is 73.4 Å². The number of phosphoric ester groups is 1. The first-order valence-corrected chi connectivity index (χ1v) is 37.4. The van der Waals surface area contributed by atoms with Crippen molar-refractivity contribution < 1.29 is 32.9 Å². The highest BCUT2D eigenvalue weighted by atomic mass is 31.2. The van der Waals surface area contributed by atoms with Gasteiger partial charge in [0.25, 0.3) is 0 Å². The molecule has 0 aliphatic heterocycles. The van der Waals surface area contributed by atoms with E-state index >= 15 is 0 Å². The first kappa shape index (κ1) is 79.7. The number of allylic oxidation sites excluding steroid dienone is 5. The summed E-state index contributed by atoms with van der Waals surface area (Å²) >= 11 is 0. The molecule has 0 aliphatic rings. The third-order valence-corrected chi connectivity index (χ3v) is 17.6.